The molecule has 2 nitrogen and oxygen atoms in total. The maximum absolute atomic E-state index is 3.74. The quantitative estimate of drug-likeness (QED) is 0.593. The molecule has 0 saturated carbocycles. The van der Waals surface area contributed by atoms with Gasteiger partial charge in [-0.2, -0.15) is 0 Å². The highest BCUT2D eigenvalue weighted by atomic mass is 15.1. The molecule has 0 unspecified atom stereocenters. The molecular formula is C18H21N2+. The zero-order chi connectivity index (χ0) is 14.4. The Morgan fingerprint density at radius 3 is 2.00 bits per heavy atom. The largest absolute Gasteiger partial charge is 0.378 e. The Hall–Kier alpha value is -2.35. The zero-order valence-electron chi connectivity index (χ0n) is 12.2. The van der Waals surface area contributed by atoms with Gasteiger partial charge in [0.25, 0.3) is 0 Å². The minimum absolute atomic E-state index is 0.843. The van der Waals surface area contributed by atoms with Gasteiger partial charge in [-0.05, 0) is 29.3 Å². The molecule has 0 spiro atoms. The summed E-state index contributed by atoms with van der Waals surface area (Å²) in [6, 6.07) is 12.7. The van der Waals surface area contributed by atoms with Crippen molar-refractivity contribution in [3.05, 3.63) is 72.6 Å². The molecule has 1 aromatic heterocycles. The van der Waals surface area contributed by atoms with Crippen molar-refractivity contribution < 1.29 is 4.57 Å². The van der Waals surface area contributed by atoms with Gasteiger partial charge in [0.15, 0.2) is 18.9 Å². The van der Waals surface area contributed by atoms with E-state index in [1.807, 2.05) is 20.2 Å². The minimum atomic E-state index is 0.843. The third kappa shape index (κ3) is 3.82. The first-order valence-corrected chi connectivity index (χ1v) is 6.74. The van der Waals surface area contributed by atoms with E-state index in [2.05, 4.69) is 77.0 Å². The first-order chi connectivity index (χ1) is 9.69. The highest BCUT2D eigenvalue weighted by Crippen LogP contribution is 2.14. The third-order valence-corrected chi connectivity index (χ3v) is 3.13. The fourth-order valence-corrected chi connectivity index (χ4v) is 1.93. The second-order valence-corrected chi connectivity index (χ2v) is 4.94. The van der Waals surface area contributed by atoms with Crippen molar-refractivity contribution in [2.24, 2.45) is 0 Å². The number of pyridine rings is 1. The molecule has 0 radical (unpaired) electrons. The molecule has 2 rings (SSSR count). The van der Waals surface area contributed by atoms with Crippen LogP contribution in [0.3, 0.4) is 0 Å². The first kappa shape index (κ1) is 14.1. The van der Waals surface area contributed by atoms with Crippen molar-refractivity contribution in [2.75, 3.05) is 19.0 Å². The Bertz CT molecular complexity index is 578. The van der Waals surface area contributed by atoms with Gasteiger partial charge in [-0.3, -0.25) is 0 Å². The smallest absolute Gasteiger partial charge is 0.169 e. The summed E-state index contributed by atoms with van der Waals surface area (Å²) in [6.07, 6.45) is 10.3. The Kier molecular flexibility index (Phi) is 4.72. The molecule has 0 fully saturated rings. The lowest BCUT2D eigenvalue weighted by molar-refractivity contribution is -0.687. The number of aromatic nitrogens is 1. The molecule has 0 amide bonds. The van der Waals surface area contributed by atoms with E-state index in [0.717, 1.165) is 6.54 Å². The molecule has 0 aliphatic rings. The van der Waals surface area contributed by atoms with Crippen molar-refractivity contribution in [2.45, 2.75) is 6.54 Å². The summed E-state index contributed by atoms with van der Waals surface area (Å²) >= 11 is 0. The maximum Gasteiger partial charge on any atom is 0.169 e. The summed E-state index contributed by atoms with van der Waals surface area (Å²) in [5.41, 5.74) is 3.62. The molecule has 0 aliphatic carbocycles. The lowest BCUT2D eigenvalue weighted by Crippen LogP contribution is -2.31. The molecule has 1 aromatic carbocycles. The number of allylic oxidation sites excluding steroid dienone is 1. The molecule has 2 aromatic rings. The summed E-state index contributed by atoms with van der Waals surface area (Å²) in [5.74, 6) is 0. The van der Waals surface area contributed by atoms with Crippen LogP contribution in [0.2, 0.25) is 0 Å². The van der Waals surface area contributed by atoms with E-state index >= 15 is 0 Å². The van der Waals surface area contributed by atoms with Crippen LogP contribution in [0, 0.1) is 0 Å². The van der Waals surface area contributed by atoms with E-state index in [4.69, 9.17) is 0 Å². The van der Waals surface area contributed by atoms with Gasteiger partial charge in [0.05, 0.1) is 0 Å². The molecule has 0 N–H and O–H groups in total. The average Bonchev–Trinajstić information content (AvgIpc) is 2.47. The van der Waals surface area contributed by atoms with Gasteiger partial charge in [-0.1, -0.05) is 30.9 Å². The van der Waals surface area contributed by atoms with Crippen LogP contribution >= 0.6 is 0 Å². The predicted molar refractivity (Wildman–Crippen MR) is 86.5 cm³/mol. The van der Waals surface area contributed by atoms with Crippen LogP contribution in [0.4, 0.5) is 5.69 Å². The number of rotatable bonds is 5. The van der Waals surface area contributed by atoms with Crippen molar-refractivity contribution in [3.63, 3.8) is 0 Å². The lowest BCUT2D eigenvalue weighted by Gasteiger charge is -2.11. The Balaban J connectivity index is 2.06. The standard InChI is InChI=1S/C18H21N2/c1-4-13-20-14-11-17(12-15-20)6-5-16-7-9-18(10-8-16)19(2)3/h4-12,14-15H,1,13H2,2-3H3/q+1. The van der Waals surface area contributed by atoms with Crippen LogP contribution < -0.4 is 9.47 Å². The van der Waals surface area contributed by atoms with Crippen LogP contribution in [0.5, 0.6) is 0 Å². The molecule has 0 bridgehead atoms. The van der Waals surface area contributed by atoms with Gasteiger partial charge in [0.2, 0.25) is 0 Å². The lowest BCUT2D eigenvalue weighted by atomic mass is 10.1. The predicted octanol–water partition coefficient (Wildman–Crippen LogP) is 3.40. The van der Waals surface area contributed by atoms with E-state index in [1.165, 1.54) is 16.8 Å². The fraction of sp³-hybridized carbons (Fsp3) is 0.167. The topological polar surface area (TPSA) is 7.12 Å². The Labute approximate surface area is 121 Å². The number of anilines is 1. The monoisotopic (exact) mass is 265 g/mol. The summed E-state index contributed by atoms with van der Waals surface area (Å²) in [5, 5.41) is 0. The van der Waals surface area contributed by atoms with Crippen LogP contribution in [0.15, 0.2) is 61.4 Å². The number of benzene rings is 1. The van der Waals surface area contributed by atoms with Crippen LogP contribution in [0.25, 0.3) is 12.2 Å². The molecule has 102 valence electrons. The van der Waals surface area contributed by atoms with Crippen molar-refractivity contribution in [1.82, 2.24) is 0 Å². The van der Waals surface area contributed by atoms with E-state index < -0.39 is 0 Å². The van der Waals surface area contributed by atoms with E-state index in [9.17, 15) is 0 Å². The highest BCUT2D eigenvalue weighted by Gasteiger charge is 1.96. The summed E-state index contributed by atoms with van der Waals surface area (Å²) in [7, 11) is 4.10. The fourth-order valence-electron chi connectivity index (χ4n) is 1.93. The van der Waals surface area contributed by atoms with E-state index in [-0.39, 0.29) is 0 Å². The van der Waals surface area contributed by atoms with Crippen LogP contribution in [-0.4, -0.2) is 14.1 Å². The molecular weight excluding hydrogens is 244 g/mol. The van der Waals surface area contributed by atoms with E-state index in [1.54, 1.807) is 0 Å². The molecule has 0 atom stereocenters. The second-order valence-electron chi connectivity index (χ2n) is 4.94. The van der Waals surface area contributed by atoms with Gasteiger partial charge in [-0.25, -0.2) is 4.57 Å². The second kappa shape index (κ2) is 6.71. The van der Waals surface area contributed by atoms with Crippen LogP contribution in [0.1, 0.15) is 11.1 Å². The molecule has 2 heteroatoms. The molecule has 0 aliphatic heterocycles. The van der Waals surface area contributed by atoms with Gasteiger partial charge in [0, 0.05) is 31.9 Å². The average molecular weight is 265 g/mol. The number of nitrogens with zero attached hydrogens (tertiary/aromatic N) is 2. The maximum atomic E-state index is 3.74. The number of hydrogen-bond acceptors (Lipinski definition) is 1. The van der Waals surface area contributed by atoms with Gasteiger partial charge in [-0.15, -0.1) is 0 Å². The third-order valence-electron chi connectivity index (χ3n) is 3.13. The molecule has 1 heterocycles. The summed E-state index contributed by atoms with van der Waals surface area (Å²) in [6.45, 7) is 4.58. The van der Waals surface area contributed by atoms with Crippen LogP contribution in [-0.2, 0) is 6.54 Å². The molecule has 20 heavy (non-hydrogen) atoms. The van der Waals surface area contributed by atoms with Gasteiger partial charge >= 0.3 is 0 Å². The van der Waals surface area contributed by atoms with Crippen molar-refractivity contribution >= 4 is 17.8 Å². The summed E-state index contributed by atoms with van der Waals surface area (Å²) in [4.78, 5) is 2.10. The number of hydrogen-bond donors (Lipinski definition) is 0. The summed E-state index contributed by atoms with van der Waals surface area (Å²) < 4.78 is 2.09. The van der Waals surface area contributed by atoms with Crippen molar-refractivity contribution in [3.8, 4) is 0 Å². The Morgan fingerprint density at radius 1 is 0.950 bits per heavy atom. The van der Waals surface area contributed by atoms with Gasteiger partial charge in [0.1, 0.15) is 0 Å². The van der Waals surface area contributed by atoms with Crippen molar-refractivity contribution in [1.29, 1.82) is 0 Å². The van der Waals surface area contributed by atoms with Gasteiger partial charge < -0.3 is 4.90 Å². The SMILES string of the molecule is C=CC[n+]1ccc(C=Cc2ccc(N(C)C)cc2)cc1. The van der Waals surface area contributed by atoms with E-state index in [0.29, 0.717) is 0 Å². The Morgan fingerprint density at radius 2 is 1.50 bits per heavy atom. The normalized spacial score (nSPS) is 10.7. The molecule has 0 saturated heterocycles. The zero-order valence-corrected chi connectivity index (χ0v) is 12.2. The highest BCUT2D eigenvalue weighted by molar-refractivity contribution is 5.70. The minimum Gasteiger partial charge on any atom is -0.378 e. The first-order valence-electron chi connectivity index (χ1n) is 6.74.